The van der Waals surface area contributed by atoms with Crippen molar-refractivity contribution in [3.63, 3.8) is 0 Å². The van der Waals surface area contributed by atoms with Crippen molar-refractivity contribution < 1.29 is 9.18 Å². The molecule has 0 unspecified atom stereocenters. The minimum Gasteiger partial charge on any atom is -0.367 e. The smallest absolute Gasteiger partial charge is 0.227 e. The Morgan fingerprint density at radius 2 is 1.87 bits per heavy atom. The molecule has 1 aromatic rings. The van der Waals surface area contributed by atoms with Gasteiger partial charge >= 0.3 is 0 Å². The number of anilines is 2. The molecule has 1 heterocycles. The number of rotatable bonds is 5. The van der Waals surface area contributed by atoms with E-state index in [2.05, 4.69) is 10.6 Å². The van der Waals surface area contributed by atoms with E-state index in [1.165, 1.54) is 6.07 Å². The summed E-state index contributed by atoms with van der Waals surface area (Å²) in [6.07, 6.45) is 1.59. The summed E-state index contributed by atoms with van der Waals surface area (Å²) in [4.78, 5) is 14.0. The molecule has 0 saturated carbocycles. The molecule has 7 heteroatoms. The van der Waals surface area contributed by atoms with Gasteiger partial charge in [-0.3, -0.25) is 4.79 Å². The van der Waals surface area contributed by atoms with Crippen LogP contribution in [0.1, 0.15) is 26.7 Å². The van der Waals surface area contributed by atoms with Gasteiger partial charge in [0.2, 0.25) is 5.91 Å². The third-order valence-electron chi connectivity index (χ3n) is 4.03. The summed E-state index contributed by atoms with van der Waals surface area (Å²) >= 11 is 0. The Morgan fingerprint density at radius 3 is 2.39 bits per heavy atom. The molecule has 1 aromatic carbocycles. The Hall–Kier alpha value is -1.04. The maximum Gasteiger partial charge on any atom is 0.227 e. The molecule has 0 atom stereocenters. The number of nitrogens with one attached hydrogen (secondary N) is 2. The first-order chi connectivity index (χ1) is 10.2. The van der Waals surface area contributed by atoms with Gasteiger partial charge in [-0.2, -0.15) is 0 Å². The number of carbonyl (C=O) groups is 1. The second kappa shape index (κ2) is 10.7. The zero-order valence-electron chi connectivity index (χ0n) is 13.6. The fraction of sp³-hybridized carbons (Fsp3) is 0.562. The predicted molar refractivity (Wildman–Crippen MR) is 98.7 cm³/mol. The lowest BCUT2D eigenvalue weighted by Crippen LogP contribution is -2.43. The highest BCUT2D eigenvalue weighted by atomic mass is 35.5. The molecule has 1 amide bonds. The first-order valence-electron chi connectivity index (χ1n) is 7.71. The molecule has 0 spiro atoms. The quantitative estimate of drug-likeness (QED) is 0.839. The van der Waals surface area contributed by atoms with Crippen LogP contribution in [-0.4, -0.2) is 32.1 Å². The van der Waals surface area contributed by atoms with E-state index in [-0.39, 0.29) is 42.5 Å². The number of nitrogens with zero attached hydrogens (tertiary/aromatic N) is 1. The highest BCUT2D eigenvalue weighted by molar-refractivity contribution is 5.92. The molecule has 1 saturated heterocycles. The molecule has 0 aliphatic carbocycles. The van der Waals surface area contributed by atoms with Gasteiger partial charge in [0.1, 0.15) is 5.82 Å². The Kier molecular flexibility index (Phi) is 10.2. The zero-order chi connectivity index (χ0) is 15.2. The normalized spacial score (nSPS) is 14.0. The van der Waals surface area contributed by atoms with E-state index in [1.807, 2.05) is 18.7 Å². The van der Waals surface area contributed by atoms with Gasteiger partial charge in [-0.15, -0.1) is 24.8 Å². The first kappa shape index (κ1) is 22.0. The van der Waals surface area contributed by atoms with Gasteiger partial charge in [0, 0.05) is 37.8 Å². The fourth-order valence-electron chi connectivity index (χ4n) is 2.65. The molecule has 2 rings (SSSR count). The van der Waals surface area contributed by atoms with E-state index in [9.17, 15) is 9.18 Å². The van der Waals surface area contributed by atoms with Gasteiger partial charge in [-0.1, -0.05) is 13.8 Å². The lowest BCUT2D eigenvalue weighted by Gasteiger charge is -2.29. The van der Waals surface area contributed by atoms with Crippen molar-refractivity contribution >= 4 is 42.1 Å². The molecule has 4 nitrogen and oxygen atoms in total. The zero-order valence-corrected chi connectivity index (χ0v) is 15.2. The minimum absolute atomic E-state index is 0. The van der Waals surface area contributed by atoms with Crippen molar-refractivity contribution in [2.75, 3.05) is 36.4 Å². The Bertz CT molecular complexity index is 492. The Morgan fingerprint density at radius 1 is 1.26 bits per heavy atom. The second-order valence-electron chi connectivity index (χ2n) is 5.41. The lowest BCUT2D eigenvalue weighted by atomic mass is 10.0. The molecule has 1 fully saturated rings. The van der Waals surface area contributed by atoms with Crippen LogP contribution in [0.25, 0.3) is 0 Å². The van der Waals surface area contributed by atoms with Gasteiger partial charge in [0.05, 0.1) is 5.69 Å². The molecule has 1 aliphatic heterocycles. The topological polar surface area (TPSA) is 44.4 Å². The van der Waals surface area contributed by atoms with Crippen molar-refractivity contribution in [3.05, 3.63) is 24.0 Å². The Labute approximate surface area is 150 Å². The summed E-state index contributed by atoms with van der Waals surface area (Å²) in [6, 6.07) is 4.95. The molecule has 0 bridgehead atoms. The number of amides is 1. The maximum absolute atomic E-state index is 14.2. The van der Waals surface area contributed by atoms with Crippen LogP contribution >= 0.6 is 24.8 Å². The summed E-state index contributed by atoms with van der Waals surface area (Å²) < 4.78 is 14.2. The average Bonchev–Trinajstić information content (AvgIpc) is 2.49. The van der Waals surface area contributed by atoms with E-state index in [0.29, 0.717) is 11.4 Å². The van der Waals surface area contributed by atoms with Gasteiger partial charge < -0.3 is 15.5 Å². The molecule has 0 aromatic heterocycles. The van der Waals surface area contributed by atoms with Gasteiger partial charge in [0.25, 0.3) is 0 Å². The summed E-state index contributed by atoms with van der Waals surface area (Å²) in [5, 5.41) is 6.05. The standard InChI is InChI=1S/C16H24FN3O.2ClH/c1-3-12(4-2)16(21)19-13-5-6-15(14(17)11-13)20-9-7-18-8-10-20;;/h5-6,11-12,18H,3-4,7-10H2,1-2H3,(H,19,21);2*1H. The highest BCUT2D eigenvalue weighted by Crippen LogP contribution is 2.24. The van der Waals surface area contributed by atoms with Gasteiger partial charge in [-0.25, -0.2) is 4.39 Å². The number of hydrogen-bond acceptors (Lipinski definition) is 3. The van der Waals surface area contributed by atoms with Crippen LogP contribution < -0.4 is 15.5 Å². The van der Waals surface area contributed by atoms with E-state index in [1.54, 1.807) is 12.1 Å². The van der Waals surface area contributed by atoms with Crippen LogP contribution in [0.3, 0.4) is 0 Å². The Balaban J connectivity index is 0.00000242. The molecule has 0 radical (unpaired) electrons. The largest absolute Gasteiger partial charge is 0.367 e. The lowest BCUT2D eigenvalue weighted by molar-refractivity contribution is -0.120. The van der Waals surface area contributed by atoms with Gasteiger partial charge in [0.15, 0.2) is 0 Å². The number of piperazine rings is 1. The highest BCUT2D eigenvalue weighted by Gasteiger charge is 2.17. The second-order valence-corrected chi connectivity index (χ2v) is 5.41. The summed E-state index contributed by atoms with van der Waals surface area (Å²) in [6.45, 7) is 7.32. The third kappa shape index (κ3) is 5.83. The summed E-state index contributed by atoms with van der Waals surface area (Å²) in [7, 11) is 0. The molecule has 2 N–H and O–H groups in total. The van der Waals surface area contributed by atoms with Crippen LogP contribution in [0.5, 0.6) is 0 Å². The van der Waals surface area contributed by atoms with Crippen LogP contribution in [0.2, 0.25) is 0 Å². The van der Waals surface area contributed by atoms with Crippen LogP contribution in [0.4, 0.5) is 15.8 Å². The number of benzene rings is 1. The summed E-state index contributed by atoms with van der Waals surface area (Å²) in [5.41, 5.74) is 1.14. The van der Waals surface area contributed by atoms with Crippen LogP contribution in [0.15, 0.2) is 18.2 Å². The van der Waals surface area contributed by atoms with Crippen molar-refractivity contribution in [2.45, 2.75) is 26.7 Å². The molecule has 132 valence electrons. The van der Waals surface area contributed by atoms with Crippen LogP contribution in [-0.2, 0) is 4.79 Å². The summed E-state index contributed by atoms with van der Waals surface area (Å²) in [5.74, 6) is -0.325. The number of halogens is 3. The van der Waals surface area contributed by atoms with Gasteiger partial charge in [-0.05, 0) is 31.0 Å². The predicted octanol–water partition coefficient (Wildman–Crippen LogP) is 3.45. The molecule has 1 aliphatic rings. The maximum atomic E-state index is 14.2. The minimum atomic E-state index is -0.278. The van der Waals surface area contributed by atoms with E-state index >= 15 is 0 Å². The van der Waals surface area contributed by atoms with Crippen LogP contribution in [0, 0.1) is 11.7 Å². The van der Waals surface area contributed by atoms with E-state index in [0.717, 1.165) is 39.0 Å². The van der Waals surface area contributed by atoms with E-state index in [4.69, 9.17) is 0 Å². The van der Waals surface area contributed by atoms with Crippen molar-refractivity contribution in [1.29, 1.82) is 0 Å². The third-order valence-corrected chi connectivity index (χ3v) is 4.03. The average molecular weight is 366 g/mol. The first-order valence-corrected chi connectivity index (χ1v) is 7.71. The number of hydrogen-bond donors (Lipinski definition) is 2. The van der Waals surface area contributed by atoms with Crippen molar-refractivity contribution in [3.8, 4) is 0 Å². The SMILES string of the molecule is CCC(CC)C(=O)Nc1ccc(N2CCNCC2)c(F)c1.Cl.Cl. The molecular formula is C16H26Cl2FN3O. The van der Waals surface area contributed by atoms with Crippen molar-refractivity contribution in [2.24, 2.45) is 5.92 Å². The fourth-order valence-corrected chi connectivity index (χ4v) is 2.65. The van der Waals surface area contributed by atoms with E-state index < -0.39 is 0 Å². The monoisotopic (exact) mass is 365 g/mol. The number of carbonyl (C=O) groups excluding carboxylic acids is 1. The van der Waals surface area contributed by atoms with Crippen molar-refractivity contribution in [1.82, 2.24) is 5.32 Å². The molecule has 23 heavy (non-hydrogen) atoms. The molecular weight excluding hydrogens is 340 g/mol.